The SMILES string of the molecule is C[Si](C)(C)CCOCn1ncc2ncc(NC(=O)C(=O)O)cc21. The Labute approximate surface area is 134 Å². The van der Waals surface area contributed by atoms with Crippen molar-refractivity contribution in [1.29, 1.82) is 0 Å². The summed E-state index contributed by atoms with van der Waals surface area (Å²) in [6.45, 7) is 7.79. The Morgan fingerprint density at radius 2 is 2.09 bits per heavy atom. The number of amides is 1. The molecule has 2 N–H and O–H groups in total. The van der Waals surface area contributed by atoms with E-state index in [1.807, 2.05) is 0 Å². The van der Waals surface area contributed by atoms with E-state index < -0.39 is 20.0 Å². The summed E-state index contributed by atoms with van der Waals surface area (Å²) < 4.78 is 7.28. The molecule has 0 spiro atoms. The second kappa shape index (κ2) is 6.88. The minimum Gasteiger partial charge on any atom is -0.474 e. The number of carbonyl (C=O) groups is 2. The van der Waals surface area contributed by atoms with Crippen LogP contribution in [0.5, 0.6) is 0 Å². The lowest BCUT2D eigenvalue weighted by Gasteiger charge is -2.15. The van der Waals surface area contributed by atoms with E-state index in [4.69, 9.17) is 9.84 Å². The summed E-state index contributed by atoms with van der Waals surface area (Å²) >= 11 is 0. The molecule has 0 aromatic carbocycles. The third kappa shape index (κ3) is 4.86. The van der Waals surface area contributed by atoms with Crippen molar-refractivity contribution in [2.24, 2.45) is 0 Å². The number of anilines is 1. The summed E-state index contributed by atoms with van der Waals surface area (Å²) in [5, 5.41) is 15.1. The molecule has 2 heterocycles. The van der Waals surface area contributed by atoms with Crippen molar-refractivity contribution in [2.45, 2.75) is 32.4 Å². The molecule has 0 bridgehead atoms. The molecule has 0 fully saturated rings. The second-order valence-corrected chi connectivity index (χ2v) is 12.0. The van der Waals surface area contributed by atoms with Gasteiger partial charge >= 0.3 is 11.9 Å². The number of rotatable bonds is 6. The zero-order valence-electron chi connectivity index (χ0n) is 13.4. The molecule has 2 rings (SSSR count). The zero-order chi connectivity index (χ0) is 17.0. The van der Waals surface area contributed by atoms with Gasteiger partial charge in [0, 0.05) is 14.7 Å². The third-order valence-electron chi connectivity index (χ3n) is 3.16. The number of carboxylic acid groups (broad SMARTS) is 1. The van der Waals surface area contributed by atoms with Gasteiger partial charge in [-0.15, -0.1) is 0 Å². The first kappa shape index (κ1) is 17.1. The fourth-order valence-electron chi connectivity index (χ4n) is 1.84. The normalized spacial score (nSPS) is 11.6. The number of carboxylic acids is 1. The van der Waals surface area contributed by atoms with Crippen molar-refractivity contribution in [3.8, 4) is 0 Å². The Morgan fingerprint density at radius 3 is 2.74 bits per heavy atom. The molecular formula is C14H20N4O4Si. The van der Waals surface area contributed by atoms with E-state index in [9.17, 15) is 9.59 Å². The fraction of sp³-hybridized carbons (Fsp3) is 0.429. The van der Waals surface area contributed by atoms with Crippen molar-refractivity contribution in [3.05, 3.63) is 18.5 Å². The summed E-state index contributed by atoms with van der Waals surface area (Å²) in [5.41, 5.74) is 1.61. The van der Waals surface area contributed by atoms with Crippen LogP contribution in [0, 0.1) is 0 Å². The molecule has 0 aliphatic carbocycles. The monoisotopic (exact) mass is 336 g/mol. The standard InChI is InChI=1S/C14H20N4O4Si/c1-23(2,3)5-4-22-9-18-12-6-10(17-13(19)14(20)21)7-15-11(12)8-16-18/h6-8H,4-5,9H2,1-3H3,(H,17,19)(H,20,21). The largest absolute Gasteiger partial charge is 0.474 e. The highest BCUT2D eigenvalue weighted by Crippen LogP contribution is 2.16. The summed E-state index contributed by atoms with van der Waals surface area (Å²) in [7, 11) is -1.14. The molecule has 124 valence electrons. The maximum absolute atomic E-state index is 11.2. The number of hydrogen-bond donors (Lipinski definition) is 2. The van der Waals surface area contributed by atoms with Crippen molar-refractivity contribution in [1.82, 2.24) is 14.8 Å². The number of hydrogen-bond acceptors (Lipinski definition) is 5. The molecule has 0 unspecified atom stereocenters. The fourth-order valence-corrected chi connectivity index (χ4v) is 2.60. The van der Waals surface area contributed by atoms with Gasteiger partial charge in [0.25, 0.3) is 0 Å². The number of carbonyl (C=O) groups excluding carboxylic acids is 1. The highest BCUT2D eigenvalue weighted by Gasteiger charge is 2.14. The Kier molecular flexibility index (Phi) is 5.11. The van der Waals surface area contributed by atoms with Gasteiger partial charge in [-0.1, -0.05) is 19.6 Å². The summed E-state index contributed by atoms with van der Waals surface area (Å²) in [5.74, 6) is -2.66. The number of aromatic nitrogens is 3. The average molecular weight is 336 g/mol. The van der Waals surface area contributed by atoms with Crippen LogP contribution in [0.3, 0.4) is 0 Å². The van der Waals surface area contributed by atoms with E-state index in [0.29, 0.717) is 23.3 Å². The van der Waals surface area contributed by atoms with Crippen molar-refractivity contribution < 1.29 is 19.4 Å². The van der Waals surface area contributed by atoms with Gasteiger partial charge in [0.15, 0.2) is 0 Å². The molecule has 0 radical (unpaired) electrons. The Bertz CT molecular complexity index is 723. The summed E-state index contributed by atoms with van der Waals surface area (Å²) in [6, 6.07) is 2.68. The number of fused-ring (bicyclic) bond motifs is 1. The van der Waals surface area contributed by atoms with Crippen molar-refractivity contribution in [3.63, 3.8) is 0 Å². The predicted octanol–water partition coefficient (Wildman–Crippen LogP) is 1.77. The van der Waals surface area contributed by atoms with Crippen LogP contribution in [0.25, 0.3) is 11.0 Å². The maximum atomic E-state index is 11.2. The van der Waals surface area contributed by atoms with Crippen molar-refractivity contribution in [2.75, 3.05) is 11.9 Å². The van der Waals surface area contributed by atoms with E-state index in [-0.39, 0.29) is 6.73 Å². The molecule has 2 aromatic rings. The van der Waals surface area contributed by atoms with Crippen LogP contribution in [0.4, 0.5) is 5.69 Å². The molecule has 0 aliphatic heterocycles. The van der Waals surface area contributed by atoms with Crippen LogP contribution in [-0.4, -0.2) is 46.4 Å². The highest BCUT2D eigenvalue weighted by atomic mass is 28.3. The lowest BCUT2D eigenvalue weighted by atomic mass is 10.3. The van der Waals surface area contributed by atoms with Crippen LogP contribution < -0.4 is 5.32 Å². The molecule has 9 heteroatoms. The molecule has 0 atom stereocenters. The van der Waals surface area contributed by atoms with Crippen LogP contribution in [0.15, 0.2) is 18.5 Å². The van der Waals surface area contributed by atoms with Crippen LogP contribution >= 0.6 is 0 Å². The van der Waals surface area contributed by atoms with E-state index >= 15 is 0 Å². The number of nitrogens with one attached hydrogen (secondary N) is 1. The molecule has 8 nitrogen and oxygen atoms in total. The highest BCUT2D eigenvalue weighted by molar-refractivity contribution is 6.76. The first-order chi connectivity index (χ1) is 10.8. The lowest BCUT2D eigenvalue weighted by molar-refractivity contribution is -0.147. The van der Waals surface area contributed by atoms with Gasteiger partial charge in [-0.3, -0.25) is 9.78 Å². The van der Waals surface area contributed by atoms with Crippen LogP contribution in [0.2, 0.25) is 25.7 Å². The van der Waals surface area contributed by atoms with Gasteiger partial charge in [-0.25, -0.2) is 9.48 Å². The van der Waals surface area contributed by atoms with E-state index in [1.54, 1.807) is 16.9 Å². The topological polar surface area (TPSA) is 106 Å². The third-order valence-corrected chi connectivity index (χ3v) is 4.86. The van der Waals surface area contributed by atoms with E-state index in [1.165, 1.54) is 6.20 Å². The number of aliphatic carboxylic acids is 1. The predicted molar refractivity (Wildman–Crippen MR) is 87.9 cm³/mol. The van der Waals surface area contributed by atoms with Gasteiger partial charge in [0.2, 0.25) is 0 Å². The minimum absolute atomic E-state index is 0.284. The van der Waals surface area contributed by atoms with E-state index in [2.05, 4.69) is 35.0 Å². The molecule has 0 saturated carbocycles. The lowest BCUT2D eigenvalue weighted by Crippen LogP contribution is -2.22. The zero-order valence-corrected chi connectivity index (χ0v) is 14.4. The number of nitrogens with zero attached hydrogens (tertiary/aromatic N) is 3. The molecule has 23 heavy (non-hydrogen) atoms. The smallest absolute Gasteiger partial charge is 0.394 e. The van der Waals surface area contributed by atoms with Gasteiger partial charge < -0.3 is 15.2 Å². The second-order valence-electron chi connectivity index (χ2n) is 6.38. The van der Waals surface area contributed by atoms with Gasteiger partial charge in [0.05, 0.1) is 23.6 Å². The van der Waals surface area contributed by atoms with Crippen LogP contribution in [-0.2, 0) is 21.1 Å². The Morgan fingerprint density at radius 1 is 1.35 bits per heavy atom. The number of pyridine rings is 1. The summed E-state index contributed by atoms with van der Waals surface area (Å²) in [6.07, 6.45) is 2.99. The van der Waals surface area contributed by atoms with Crippen LogP contribution in [0.1, 0.15) is 0 Å². The molecule has 0 aliphatic rings. The summed E-state index contributed by atoms with van der Waals surface area (Å²) in [4.78, 5) is 25.9. The van der Waals surface area contributed by atoms with Gasteiger partial charge in [-0.05, 0) is 12.1 Å². The van der Waals surface area contributed by atoms with Crippen molar-refractivity contribution >= 4 is 36.7 Å². The first-order valence-corrected chi connectivity index (χ1v) is 10.9. The quantitative estimate of drug-likeness (QED) is 0.473. The molecular weight excluding hydrogens is 316 g/mol. The molecule has 2 aromatic heterocycles. The van der Waals surface area contributed by atoms with Gasteiger partial charge in [-0.2, -0.15) is 5.10 Å². The first-order valence-electron chi connectivity index (χ1n) is 7.20. The Hall–Kier alpha value is -2.26. The molecule has 0 saturated heterocycles. The maximum Gasteiger partial charge on any atom is 0.394 e. The average Bonchev–Trinajstić information content (AvgIpc) is 2.85. The number of ether oxygens (including phenoxy) is 1. The molecule has 1 amide bonds. The van der Waals surface area contributed by atoms with E-state index in [0.717, 1.165) is 6.04 Å². The minimum atomic E-state index is -1.55. The Balaban J connectivity index is 2.06. The van der Waals surface area contributed by atoms with Gasteiger partial charge in [0.1, 0.15) is 12.2 Å².